The molecule has 0 aliphatic heterocycles. The van der Waals surface area contributed by atoms with Gasteiger partial charge in [0.05, 0.1) is 12.7 Å². The van der Waals surface area contributed by atoms with Gasteiger partial charge in [-0.3, -0.25) is 4.79 Å². The first-order valence-electron chi connectivity index (χ1n) is 5.54. The minimum Gasteiger partial charge on any atom is -0.465 e. The van der Waals surface area contributed by atoms with E-state index in [-0.39, 0.29) is 0 Å². The molecular weight excluding hydrogens is 261 g/mol. The summed E-state index contributed by atoms with van der Waals surface area (Å²) in [5, 5.41) is 0. The van der Waals surface area contributed by atoms with E-state index < -0.39 is 30.3 Å². The Bertz CT molecular complexity index is 463. The second-order valence-corrected chi connectivity index (χ2v) is 4.14. The summed E-state index contributed by atoms with van der Waals surface area (Å²) in [6.07, 6.45) is -5.42. The van der Waals surface area contributed by atoms with Crippen molar-refractivity contribution in [1.29, 1.82) is 0 Å². The maximum atomic E-state index is 12.1. The standard InChI is InChI=1S/C13H13F3O3/c1-8(7-11(17)13(14,15)16)9-3-5-10(6-4-9)12(18)19-2/h3-6,8H,7H2,1-2H3/t8-/m0/s1. The summed E-state index contributed by atoms with van der Waals surface area (Å²) in [7, 11) is 1.24. The molecule has 0 saturated carbocycles. The van der Waals surface area contributed by atoms with Crippen molar-refractivity contribution in [1.82, 2.24) is 0 Å². The lowest BCUT2D eigenvalue weighted by atomic mass is 9.95. The zero-order valence-corrected chi connectivity index (χ0v) is 10.5. The summed E-state index contributed by atoms with van der Waals surface area (Å²) in [4.78, 5) is 22.0. The molecule has 0 unspecified atom stereocenters. The minimum atomic E-state index is -4.81. The number of alkyl halides is 3. The minimum absolute atomic E-state index is 0.306. The van der Waals surface area contributed by atoms with Crippen LogP contribution in [0.3, 0.4) is 0 Å². The number of Topliss-reactive ketones (excluding diaryl/α,β-unsaturated/α-hetero) is 1. The second kappa shape index (κ2) is 5.86. The monoisotopic (exact) mass is 274 g/mol. The molecule has 3 nitrogen and oxygen atoms in total. The lowest BCUT2D eigenvalue weighted by molar-refractivity contribution is -0.171. The number of benzene rings is 1. The van der Waals surface area contributed by atoms with E-state index in [4.69, 9.17) is 0 Å². The van der Waals surface area contributed by atoms with Crippen LogP contribution >= 0.6 is 0 Å². The normalized spacial score (nSPS) is 12.9. The lowest BCUT2D eigenvalue weighted by Crippen LogP contribution is -2.24. The van der Waals surface area contributed by atoms with Crippen LogP contribution in [-0.4, -0.2) is 25.0 Å². The molecular formula is C13H13F3O3. The molecule has 19 heavy (non-hydrogen) atoms. The molecule has 0 bridgehead atoms. The van der Waals surface area contributed by atoms with E-state index in [1.165, 1.54) is 38.3 Å². The third kappa shape index (κ3) is 4.08. The van der Waals surface area contributed by atoms with Crippen LogP contribution in [0.4, 0.5) is 13.2 Å². The molecule has 0 N–H and O–H groups in total. The Hall–Kier alpha value is -1.85. The Kier molecular flexibility index (Phi) is 4.69. The van der Waals surface area contributed by atoms with Crippen molar-refractivity contribution in [2.75, 3.05) is 7.11 Å². The van der Waals surface area contributed by atoms with E-state index in [0.29, 0.717) is 11.1 Å². The molecule has 1 rings (SSSR count). The van der Waals surface area contributed by atoms with Gasteiger partial charge in [0.15, 0.2) is 0 Å². The molecule has 6 heteroatoms. The number of methoxy groups -OCH3 is 1. The fourth-order valence-electron chi connectivity index (χ4n) is 1.58. The van der Waals surface area contributed by atoms with Gasteiger partial charge >= 0.3 is 12.1 Å². The number of hydrogen-bond donors (Lipinski definition) is 0. The predicted octanol–water partition coefficient (Wildman–Crippen LogP) is 3.10. The predicted molar refractivity (Wildman–Crippen MR) is 61.9 cm³/mol. The molecule has 0 radical (unpaired) electrons. The Morgan fingerprint density at radius 1 is 1.21 bits per heavy atom. The number of hydrogen-bond acceptors (Lipinski definition) is 3. The van der Waals surface area contributed by atoms with Crippen LogP contribution in [0.1, 0.15) is 35.2 Å². The van der Waals surface area contributed by atoms with Crippen molar-refractivity contribution >= 4 is 11.8 Å². The summed E-state index contributed by atoms with van der Waals surface area (Å²) >= 11 is 0. The number of ether oxygens (including phenoxy) is 1. The fourth-order valence-corrected chi connectivity index (χ4v) is 1.58. The average Bonchev–Trinajstić information content (AvgIpc) is 2.36. The third-order valence-corrected chi connectivity index (χ3v) is 2.71. The molecule has 0 aromatic heterocycles. The third-order valence-electron chi connectivity index (χ3n) is 2.71. The summed E-state index contributed by atoms with van der Waals surface area (Å²) in [5.74, 6) is -2.84. The van der Waals surface area contributed by atoms with Gasteiger partial charge in [0.1, 0.15) is 0 Å². The molecule has 0 fully saturated rings. The smallest absolute Gasteiger partial charge is 0.449 e. The Morgan fingerprint density at radius 2 is 1.74 bits per heavy atom. The quantitative estimate of drug-likeness (QED) is 0.792. The zero-order valence-electron chi connectivity index (χ0n) is 10.5. The Balaban J connectivity index is 2.76. The molecule has 0 aliphatic carbocycles. The maximum absolute atomic E-state index is 12.1. The number of rotatable bonds is 4. The van der Waals surface area contributed by atoms with Gasteiger partial charge in [-0.2, -0.15) is 13.2 Å². The number of esters is 1. The van der Waals surface area contributed by atoms with E-state index in [0.717, 1.165) is 0 Å². The molecule has 1 atom stereocenters. The van der Waals surface area contributed by atoms with Crippen molar-refractivity contribution in [3.8, 4) is 0 Å². The highest BCUT2D eigenvalue weighted by molar-refractivity contribution is 5.89. The van der Waals surface area contributed by atoms with Crippen molar-refractivity contribution in [3.63, 3.8) is 0 Å². The van der Waals surface area contributed by atoms with Gasteiger partial charge in [-0.1, -0.05) is 19.1 Å². The average molecular weight is 274 g/mol. The molecule has 0 aliphatic rings. The first-order chi connectivity index (χ1) is 8.75. The number of ketones is 1. The molecule has 0 saturated heterocycles. The molecule has 1 aromatic rings. The van der Waals surface area contributed by atoms with Crippen molar-refractivity contribution in [3.05, 3.63) is 35.4 Å². The number of carbonyl (C=O) groups is 2. The molecule has 0 amide bonds. The second-order valence-electron chi connectivity index (χ2n) is 4.14. The SMILES string of the molecule is COC(=O)c1ccc([C@@H](C)CC(=O)C(F)(F)F)cc1. The van der Waals surface area contributed by atoms with Crippen LogP contribution in [0.2, 0.25) is 0 Å². The van der Waals surface area contributed by atoms with Crippen LogP contribution in [0.25, 0.3) is 0 Å². The summed E-state index contributed by atoms with van der Waals surface area (Å²) in [6, 6.07) is 5.94. The number of carbonyl (C=O) groups excluding carboxylic acids is 2. The van der Waals surface area contributed by atoms with Crippen LogP contribution in [0.5, 0.6) is 0 Å². The molecule has 0 spiro atoms. The van der Waals surface area contributed by atoms with Crippen LogP contribution in [0.15, 0.2) is 24.3 Å². The van der Waals surface area contributed by atoms with Crippen LogP contribution in [0, 0.1) is 0 Å². The molecule has 104 valence electrons. The van der Waals surface area contributed by atoms with Gasteiger partial charge in [0.25, 0.3) is 0 Å². The molecule has 0 heterocycles. The van der Waals surface area contributed by atoms with Crippen LogP contribution in [-0.2, 0) is 9.53 Å². The summed E-state index contributed by atoms with van der Waals surface area (Å²) in [6.45, 7) is 1.52. The highest BCUT2D eigenvalue weighted by Crippen LogP contribution is 2.26. The van der Waals surface area contributed by atoms with Gasteiger partial charge in [-0.25, -0.2) is 4.79 Å². The summed E-state index contributed by atoms with van der Waals surface area (Å²) < 4.78 is 40.9. The van der Waals surface area contributed by atoms with Crippen LogP contribution < -0.4 is 0 Å². The highest BCUT2D eigenvalue weighted by atomic mass is 19.4. The fraction of sp³-hybridized carbons (Fsp3) is 0.385. The van der Waals surface area contributed by atoms with Gasteiger partial charge in [-0.15, -0.1) is 0 Å². The van der Waals surface area contributed by atoms with Gasteiger partial charge in [0.2, 0.25) is 5.78 Å². The van der Waals surface area contributed by atoms with E-state index in [1.807, 2.05) is 0 Å². The lowest BCUT2D eigenvalue weighted by Gasteiger charge is -2.12. The van der Waals surface area contributed by atoms with Gasteiger partial charge in [-0.05, 0) is 23.6 Å². The summed E-state index contributed by atoms with van der Waals surface area (Å²) in [5.41, 5.74) is 0.867. The van der Waals surface area contributed by atoms with Gasteiger partial charge < -0.3 is 4.74 Å². The Labute approximate surface area is 108 Å². The first kappa shape index (κ1) is 15.2. The molecule has 1 aromatic carbocycles. The highest BCUT2D eigenvalue weighted by Gasteiger charge is 2.38. The van der Waals surface area contributed by atoms with E-state index in [2.05, 4.69) is 4.74 Å². The van der Waals surface area contributed by atoms with Crippen molar-refractivity contribution in [2.45, 2.75) is 25.4 Å². The van der Waals surface area contributed by atoms with Crippen molar-refractivity contribution in [2.24, 2.45) is 0 Å². The maximum Gasteiger partial charge on any atom is 0.449 e. The van der Waals surface area contributed by atoms with E-state index in [1.54, 1.807) is 0 Å². The van der Waals surface area contributed by atoms with E-state index >= 15 is 0 Å². The van der Waals surface area contributed by atoms with E-state index in [9.17, 15) is 22.8 Å². The topological polar surface area (TPSA) is 43.4 Å². The Morgan fingerprint density at radius 3 is 2.16 bits per heavy atom. The van der Waals surface area contributed by atoms with Crippen molar-refractivity contribution < 1.29 is 27.5 Å². The zero-order chi connectivity index (χ0) is 14.6. The number of halogens is 3. The largest absolute Gasteiger partial charge is 0.465 e. The first-order valence-corrected chi connectivity index (χ1v) is 5.54. The van der Waals surface area contributed by atoms with Gasteiger partial charge in [0, 0.05) is 6.42 Å².